The summed E-state index contributed by atoms with van der Waals surface area (Å²) in [6, 6.07) is 18.4. The Balaban J connectivity index is 1.33. The molecule has 2 saturated heterocycles. The maximum absolute atomic E-state index is 13.5. The zero-order chi connectivity index (χ0) is 26.5. The Morgan fingerprint density at radius 3 is 2.03 bits per heavy atom. The monoisotopic (exact) mass is 507 g/mol. The number of hydrogen-bond acceptors (Lipinski definition) is 5. The van der Waals surface area contributed by atoms with Crippen LogP contribution in [0.25, 0.3) is 0 Å². The molecule has 8 heteroatoms. The lowest BCUT2D eigenvalue weighted by Crippen LogP contribution is -2.63. The zero-order valence-electron chi connectivity index (χ0n) is 21.9. The zero-order valence-corrected chi connectivity index (χ0v) is 21.9. The summed E-state index contributed by atoms with van der Waals surface area (Å²) in [5.41, 5.74) is 1.36. The highest BCUT2D eigenvalue weighted by atomic mass is 16.6. The van der Waals surface area contributed by atoms with E-state index in [1.807, 2.05) is 86.3 Å². The van der Waals surface area contributed by atoms with Crippen LogP contribution in [0.5, 0.6) is 0 Å². The molecule has 2 aromatic rings. The molecule has 3 amide bonds. The number of ether oxygens (including phenoxy) is 2. The molecular weight excluding hydrogens is 470 g/mol. The van der Waals surface area contributed by atoms with Gasteiger partial charge in [-0.1, -0.05) is 60.7 Å². The molecule has 0 saturated carbocycles. The molecule has 1 spiro atoms. The van der Waals surface area contributed by atoms with Gasteiger partial charge in [0.25, 0.3) is 0 Å². The second-order valence-corrected chi connectivity index (χ2v) is 11.1. The second-order valence-electron chi connectivity index (χ2n) is 11.1. The maximum atomic E-state index is 13.5. The van der Waals surface area contributed by atoms with E-state index in [0.717, 1.165) is 24.0 Å². The number of amides is 3. The molecule has 37 heavy (non-hydrogen) atoms. The van der Waals surface area contributed by atoms with Crippen molar-refractivity contribution in [1.29, 1.82) is 0 Å². The molecule has 4 rings (SSSR count). The fraction of sp³-hybridized carbons (Fsp3) is 0.483. The highest BCUT2D eigenvalue weighted by molar-refractivity contribution is 5.86. The van der Waals surface area contributed by atoms with Gasteiger partial charge in [-0.25, -0.2) is 9.59 Å². The van der Waals surface area contributed by atoms with Crippen molar-refractivity contribution in [3.05, 3.63) is 71.8 Å². The Labute approximate surface area is 218 Å². The molecule has 0 aliphatic carbocycles. The fourth-order valence-corrected chi connectivity index (χ4v) is 4.91. The minimum Gasteiger partial charge on any atom is -0.445 e. The van der Waals surface area contributed by atoms with Crippen molar-refractivity contribution in [2.75, 3.05) is 26.2 Å². The smallest absolute Gasteiger partial charge is 0.410 e. The molecule has 0 bridgehead atoms. The van der Waals surface area contributed by atoms with E-state index in [0.29, 0.717) is 32.6 Å². The van der Waals surface area contributed by atoms with Gasteiger partial charge in [0.05, 0.1) is 0 Å². The molecule has 8 nitrogen and oxygen atoms in total. The predicted molar refractivity (Wildman–Crippen MR) is 140 cm³/mol. The van der Waals surface area contributed by atoms with Crippen LogP contribution in [0.15, 0.2) is 60.7 Å². The second kappa shape index (κ2) is 11.2. The van der Waals surface area contributed by atoms with Crippen molar-refractivity contribution in [2.24, 2.45) is 5.41 Å². The van der Waals surface area contributed by atoms with Gasteiger partial charge in [0.1, 0.15) is 18.2 Å². The van der Waals surface area contributed by atoms with Crippen molar-refractivity contribution < 1.29 is 23.9 Å². The Morgan fingerprint density at radius 1 is 0.892 bits per heavy atom. The molecule has 1 atom stereocenters. The average Bonchev–Trinajstić information content (AvgIpc) is 2.85. The highest BCUT2D eigenvalue weighted by Gasteiger charge is 2.48. The number of rotatable bonds is 6. The number of alkyl carbamates (subject to hydrolysis) is 1. The lowest BCUT2D eigenvalue weighted by atomic mass is 9.72. The number of piperidine rings is 1. The minimum absolute atomic E-state index is 0.0324. The van der Waals surface area contributed by atoms with Crippen LogP contribution in [0.2, 0.25) is 0 Å². The molecule has 2 aromatic carbocycles. The van der Waals surface area contributed by atoms with Crippen LogP contribution in [-0.4, -0.2) is 65.7 Å². The first-order valence-electron chi connectivity index (χ1n) is 12.9. The van der Waals surface area contributed by atoms with Crippen LogP contribution in [0.4, 0.5) is 9.59 Å². The van der Waals surface area contributed by atoms with Gasteiger partial charge in [-0.15, -0.1) is 0 Å². The van der Waals surface area contributed by atoms with Crippen LogP contribution in [0.1, 0.15) is 44.7 Å². The summed E-state index contributed by atoms with van der Waals surface area (Å²) >= 11 is 0. The Hall–Kier alpha value is -3.55. The quantitative estimate of drug-likeness (QED) is 0.627. The van der Waals surface area contributed by atoms with Gasteiger partial charge in [-0.2, -0.15) is 0 Å². The number of nitrogens with zero attached hydrogens (tertiary/aromatic N) is 2. The molecule has 2 aliphatic rings. The summed E-state index contributed by atoms with van der Waals surface area (Å²) in [5.74, 6) is -0.112. The number of carbonyl (C=O) groups is 3. The Kier molecular flexibility index (Phi) is 8.05. The van der Waals surface area contributed by atoms with E-state index < -0.39 is 17.7 Å². The van der Waals surface area contributed by atoms with E-state index >= 15 is 0 Å². The topological polar surface area (TPSA) is 88.2 Å². The van der Waals surface area contributed by atoms with Crippen LogP contribution in [0, 0.1) is 5.41 Å². The first-order valence-corrected chi connectivity index (χ1v) is 12.9. The standard InChI is InChI=1S/C29H37N3O5/c1-28(2,3)37-27(35)32-20-29(21-32)14-16-31(17-15-29)25(33)24(18-22-10-6-4-7-11-22)30-26(34)36-19-23-12-8-5-9-13-23/h4-13,24H,14-21H2,1-3H3,(H,30,34)/t24-/m1/s1. The molecule has 2 aliphatic heterocycles. The highest BCUT2D eigenvalue weighted by Crippen LogP contribution is 2.41. The van der Waals surface area contributed by atoms with E-state index in [1.54, 1.807) is 4.90 Å². The van der Waals surface area contributed by atoms with E-state index in [9.17, 15) is 14.4 Å². The molecule has 2 heterocycles. The van der Waals surface area contributed by atoms with Gasteiger partial charge in [0.15, 0.2) is 0 Å². The van der Waals surface area contributed by atoms with Crippen molar-refractivity contribution in [3.8, 4) is 0 Å². The van der Waals surface area contributed by atoms with Crippen LogP contribution in [-0.2, 0) is 27.3 Å². The summed E-state index contributed by atoms with van der Waals surface area (Å²) in [6.07, 6.45) is 1.12. The van der Waals surface area contributed by atoms with Gasteiger partial charge >= 0.3 is 12.2 Å². The lowest BCUT2D eigenvalue weighted by Gasteiger charge is -2.53. The molecule has 0 radical (unpaired) electrons. The van der Waals surface area contributed by atoms with E-state index in [4.69, 9.17) is 9.47 Å². The summed E-state index contributed by atoms with van der Waals surface area (Å²) in [7, 11) is 0. The third kappa shape index (κ3) is 7.24. The predicted octanol–water partition coefficient (Wildman–Crippen LogP) is 4.38. The van der Waals surface area contributed by atoms with Crippen LogP contribution >= 0.6 is 0 Å². The SMILES string of the molecule is CC(C)(C)OC(=O)N1CC2(CCN(C(=O)[C@@H](Cc3ccccc3)NC(=O)OCc3ccccc3)CC2)C1. The van der Waals surface area contributed by atoms with Gasteiger partial charge in [-0.05, 0) is 44.7 Å². The molecule has 198 valence electrons. The van der Waals surface area contributed by atoms with Crippen molar-refractivity contribution in [1.82, 2.24) is 15.1 Å². The van der Waals surface area contributed by atoms with E-state index in [2.05, 4.69) is 5.32 Å². The molecule has 1 N–H and O–H groups in total. The minimum atomic E-state index is -0.723. The fourth-order valence-electron chi connectivity index (χ4n) is 4.91. The first kappa shape index (κ1) is 26.5. The van der Waals surface area contributed by atoms with Gasteiger partial charge < -0.3 is 24.6 Å². The summed E-state index contributed by atoms with van der Waals surface area (Å²) in [6.45, 7) is 8.22. The largest absolute Gasteiger partial charge is 0.445 e. The van der Waals surface area contributed by atoms with E-state index in [-0.39, 0.29) is 24.0 Å². The van der Waals surface area contributed by atoms with Gasteiger partial charge in [0.2, 0.25) is 5.91 Å². The first-order chi connectivity index (χ1) is 17.6. The summed E-state index contributed by atoms with van der Waals surface area (Å²) in [5, 5.41) is 2.80. The third-order valence-electron chi connectivity index (χ3n) is 6.93. The number of carbonyl (C=O) groups excluding carboxylic acids is 3. The number of benzene rings is 2. The van der Waals surface area contributed by atoms with Crippen LogP contribution in [0.3, 0.4) is 0 Å². The van der Waals surface area contributed by atoms with E-state index in [1.165, 1.54) is 0 Å². The number of hydrogen-bond donors (Lipinski definition) is 1. The van der Waals surface area contributed by atoms with Crippen molar-refractivity contribution >= 4 is 18.1 Å². The number of nitrogens with one attached hydrogen (secondary N) is 1. The Bertz CT molecular complexity index is 1070. The average molecular weight is 508 g/mol. The third-order valence-corrected chi connectivity index (χ3v) is 6.93. The van der Waals surface area contributed by atoms with Gasteiger partial charge in [0, 0.05) is 38.0 Å². The van der Waals surface area contributed by atoms with Gasteiger partial charge in [-0.3, -0.25) is 4.79 Å². The normalized spacial score (nSPS) is 17.5. The lowest BCUT2D eigenvalue weighted by molar-refractivity contribution is -0.138. The van der Waals surface area contributed by atoms with Crippen LogP contribution < -0.4 is 5.32 Å². The molecule has 0 unspecified atom stereocenters. The molecule has 0 aromatic heterocycles. The summed E-state index contributed by atoms with van der Waals surface area (Å²) in [4.78, 5) is 42.0. The molecule has 2 fully saturated rings. The maximum Gasteiger partial charge on any atom is 0.410 e. The molecular formula is C29H37N3O5. The van der Waals surface area contributed by atoms with Crippen molar-refractivity contribution in [2.45, 2.75) is 58.3 Å². The van der Waals surface area contributed by atoms with Crippen molar-refractivity contribution in [3.63, 3.8) is 0 Å². The summed E-state index contributed by atoms with van der Waals surface area (Å²) < 4.78 is 10.9. The Morgan fingerprint density at radius 2 is 1.46 bits per heavy atom. The number of likely N-dealkylation sites (tertiary alicyclic amines) is 2.